The molecule has 0 saturated carbocycles. The summed E-state index contributed by atoms with van der Waals surface area (Å²) in [6.45, 7) is 3.86. The summed E-state index contributed by atoms with van der Waals surface area (Å²) >= 11 is 5.18. The quantitative estimate of drug-likeness (QED) is 0.461. The zero-order valence-corrected chi connectivity index (χ0v) is 10.7. The highest BCUT2D eigenvalue weighted by molar-refractivity contribution is 6.63. The van der Waals surface area contributed by atoms with Crippen molar-refractivity contribution in [2.75, 3.05) is 0 Å². The van der Waals surface area contributed by atoms with Crippen LogP contribution in [0.25, 0.3) is 0 Å². The Balaban J connectivity index is 2.51. The second-order valence-corrected chi connectivity index (χ2v) is 4.30. The van der Waals surface area contributed by atoms with E-state index in [-0.39, 0.29) is 18.8 Å². The van der Waals surface area contributed by atoms with Crippen LogP contribution in [0.3, 0.4) is 0 Å². The Hall–Kier alpha value is -1.35. The molecule has 4 heteroatoms. The van der Waals surface area contributed by atoms with E-state index in [1.165, 1.54) is 0 Å². The summed E-state index contributed by atoms with van der Waals surface area (Å²) in [4.78, 5) is 22.0. The summed E-state index contributed by atoms with van der Waals surface area (Å²) in [6.07, 6.45) is 0.821. The lowest BCUT2D eigenvalue weighted by Crippen LogP contribution is -2.09. The number of benzene rings is 1. The van der Waals surface area contributed by atoms with E-state index in [9.17, 15) is 9.59 Å². The SMILES string of the molecule is Cc1cccc(OC(=O)CCCC(=O)Cl)c1C. The van der Waals surface area contributed by atoms with Crippen LogP contribution in [0.5, 0.6) is 5.75 Å². The van der Waals surface area contributed by atoms with Crippen molar-refractivity contribution < 1.29 is 14.3 Å². The fourth-order valence-corrected chi connectivity index (χ4v) is 1.51. The number of rotatable bonds is 5. The first-order valence-electron chi connectivity index (χ1n) is 5.46. The second kappa shape index (κ2) is 6.40. The highest BCUT2D eigenvalue weighted by Gasteiger charge is 2.08. The Kier molecular flexibility index (Phi) is 5.16. The zero-order valence-electron chi connectivity index (χ0n) is 9.96. The van der Waals surface area contributed by atoms with Gasteiger partial charge in [-0.25, -0.2) is 0 Å². The molecule has 3 nitrogen and oxygen atoms in total. The van der Waals surface area contributed by atoms with Gasteiger partial charge in [0.2, 0.25) is 5.24 Å². The monoisotopic (exact) mass is 254 g/mol. The molecule has 0 unspecified atom stereocenters. The average Bonchev–Trinajstić information content (AvgIpc) is 2.24. The van der Waals surface area contributed by atoms with Gasteiger partial charge in [0.15, 0.2) is 0 Å². The van der Waals surface area contributed by atoms with E-state index in [4.69, 9.17) is 16.3 Å². The Morgan fingerprint density at radius 3 is 2.59 bits per heavy atom. The van der Waals surface area contributed by atoms with Crippen molar-refractivity contribution in [3.05, 3.63) is 29.3 Å². The lowest BCUT2D eigenvalue weighted by atomic mass is 10.1. The van der Waals surface area contributed by atoms with Gasteiger partial charge in [-0.05, 0) is 49.1 Å². The highest BCUT2D eigenvalue weighted by atomic mass is 35.5. The predicted molar refractivity (Wildman–Crippen MR) is 66.3 cm³/mol. The molecule has 0 aliphatic heterocycles. The van der Waals surface area contributed by atoms with Crippen molar-refractivity contribution in [1.29, 1.82) is 0 Å². The minimum Gasteiger partial charge on any atom is -0.426 e. The third-order valence-electron chi connectivity index (χ3n) is 2.53. The Bertz CT molecular complexity index is 427. The summed E-state index contributed by atoms with van der Waals surface area (Å²) in [5.41, 5.74) is 2.03. The third kappa shape index (κ3) is 4.57. The third-order valence-corrected chi connectivity index (χ3v) is 2.72. The number of aryl methyl sites for hydroxylation is 1. The molecule has 0 bridgehead atoms. The molecule has 0 radical (unpaired) electrons. The van der Waals surface area contributed by atoms with Crippen LogP contribution in [0.2, 0.25) is 0 Å². The number of esters is 1. The van der Waals surface area contributed by atoms with E-state index >= 15 is 0 Å². The van der Waals surface area contributed by atoms with Crippen molar-refractivity contribution in [2.24, 2.45) is 0 Å². The van der Waals surface area contributed by atoms with Crippen molar-refractivity contribution in [1.82, 2.24) is 0 Å². The van der Waals surface area contributed by atoms with Gasteiger partial charge in [0.1, 0.15) is 5.75 Å². The topological polar surface area (TPSA) is 43.4 Å². The molecule has 0 aliphatic carbocycles. The zero-order chi connectivity index (χ0) is 12.8. The van der Waals surface area contributed by atoms with E-state index in [1.807, 2.05) is 26.0 Å². The van der Waals surface area contributed by atoms with Gasteiger partial charge in [-0.15, -0.1) is 0 Å². The van der Waals surface area contributed by atoms with Gasteiger partial charge < -0.3 is 4.74 Å². The van der Waals surface area contributed by atoms with E-state index < -0.39 is 5.24 Å². The molecule has 0 aromatic heterocycles. The smallest absolute Gasteiger partial charge is 0.311 e. The Labute approximate surface area is 106 Å². The number of carbonyl (C=O) groups excluding carboxylic acids is 2. The summed E-state index contributed by atoms with van der Waals surface area (Å²) in [5.74, 6) is 0.240. The first-order chi connectivity index (χ1) is 8.00. The van der Waals surface area contributed by atoms with Crippen LogP contribution in [0.4, 0.5) is 0 Å². The maximum Gasteiger partial charge on any atom is 0.311 e. The fraction of sp³-hybridized carbons (Fsp3) is 0.385. The molecule has 0 amide bonds. The molecule has 1 aromatic carbocycles. The summed E-state index contributed by atoms with van der Waals surface area (Å²) in [7, 11) is 0. The van der Waals surface area contributed by atoms with Gasteiger partial charge >= 0.3 is 5.97 Å². The molecule has 0 spiro atoms. The van der Waals surface area contributed by atoms with Gasteiger partial charge in [0.25, 0.3) is 0 Å². The molecule has 1 rings (SSSR count). The molecule has 0 aliphatic rings. The molecular formula is C13H15ClO3. The Morgan fingerprint density at radius 1 is 1.24 bits per heavy atom. The minimum atomic E-state index is -0.426. The number of carbonyl (C=O) groups is 2. The van der Waals surface area contributed by atoms with Gasteiger partial charge in [-0.1, -0.05) is 12.1 Å². The van der Waals surface area contributed by atoms with Crippen molar-refractivity contribution in [3.63, 3.8) is 0 Å². The molecule has 0 fully saturated rings. The lowest BCUT2D eigenvalue weighted by molar-refractivity contribution is -0.134. The van der Waals surface area contributed by atoms with Crippen LogP contribution < -0.4 is 4.74 Å². The minimum absolute atomic E-state index is 0.198. The molecule has 0 saturated heterocycles. The highest BCUT2D eigenvalue weighted by Crippen LogP contribution is 2.21. The number of halogens is 1. The van der Waals surface area contributed by atoms with Crippen molar-refractivity contribution in [3.8, 4) is 5.75 Å². The first kappa shape index (κ1) is 13.7. The van der Waals surface area contributed by atoms with Gasteiger partial charge in [-0.3, -0.25) is 9.59 Å². The van der Waals surface area contributed by atoms with Gasteiger partial charge in [0.05, 0.1) is 0 Å². The molecule has 1 aromatic rings. The van der Waals surface area contributed by atoms with E-state index in [0.717, 1.165) is 11.1 Å². The summed E-state index contributed by atoms with van der Waals surface area (Å²) < 4.78 is 5.21. The van der Waals surface area contributed by atoms with E-state index in [2.05, 4.69) is 0 Å². The van der Waals surface area contributed by atoms with Crippen molar-refractivity contribution >= 4 is 22.8 Å². The van der Waals surface area contributed by atoms with Crippen LogP contribution in [-0.2, 0) is 9.59 Å². The fourth-order valence-electron chi connectivity index (χ4n) is 1.38. The summed E-state index contributed by atoms with van der Waals surface area (Å²) in [5, 5.41) is -0.426. The maximum atomic E-state index is 11.5. The number of hydrogen-bond donors (Lipinski definition) is 0. The number of hydrogen-bond acceptors (Lipinski definition) is 3. The maximum absolute atomic E-state index is 11.5. The molecule has 17 heavy (non-hydrogen) atoms. The largest absolute Gasteiger partial charge is 0.426 e. The molecule has 92 valence electrons. The summed E-state index contributed by atoms with van der Waals surface area (Å²) in [6, 6.07) is 5.55. The van der Waals surface area contributed by atoms with Gasteiger partial charge in [0, 0.05) is 12.8 Å². The molecular weight excluding hydrogens is 240 g/mol. The van der Waals surface area contributed by atoms with E-state index in [0.29, 0.717) is 12.2 Å². The molecule has 0 heterocycles. The standard InChI is InChI=1S/C13H15ClO3/c1-9-5-3-6-11(10(9)2)17-13(16)8-4-7-12(14)15/h3,5-6H,4,7-8H2,1-2H3. The van der Waals surface area contributed by atoms with E-state index in [1.54, 1.807) is 6.07 Å². The number of ether oxygens (including phenoxy) is 1. The van der Waals surface area contributed by atoms with Crippen LogP contribution in [-0.4, -0.2) is 11.2 Å². The average molecular weight is 255 g/mol. The van der Waals surface area contributed by atoms with Crippen LogP contribution in [0.1, 0.15) is 30.4 Å². The van der Waals surface area contributed by atoms with Gasteiger partial charge in [-0.2, -0.15) is 0 Å². The van der Waals surface area contributed by atoms with Crippen LogP contribution in [0.15, 0.2) is 18.2 Å². The lowest BCUT2D eigenvalue weighted by Gasteiger charge is -2.08. The van der Waals surface area contributed by atoms with Crippen LogP contribution >= 0.6 is 11.6 Å². The van der Waals surface area contributed by atoms with Crippen LogP contribution in [0, 0.1) is 13.8 Å². The predicted octanol–water partition coefficient (Wildman–Crippen LogP) is 3.14. The first-order valence-corrected chi connectivity index (χ1v) is 5.83. The van der Waals surface area contributed by atoms with Crippen molar-refractivity contribution in [2.45, 2.75) is 33.1 Å². The Morgan fingerprint density at radius 2 is 1.94 bits per heavy atom. The molecule has 0 N–H and O–H groups in total. The molecule has 0 atom stereocenters. The second-order valence-electron chi connectivity index (χ2n) is 3.88. The normalized spacial score (nSPS) is 10.1.